The number of hydrogen-bond donors (Lipinski definition) is 5. The summed E-state index contributed by atoms with van der Waals surface area (Å²) < 4.78 is 38.8. The third kappa shape index (κ3) is 8.56. The van der Waals surface area contributed by atoms with Crippen molar-refractivity contribution in [3.05, 3.63) is 64.2 Å². The zero-order valence-electron chi connectivity index (χ0n) is 20.1. The van der Waals surface area contributed by atoms with Gasteiger partial charge < -0.3 is 26.8 Å². The number of carbonyl (C=O) groups excluding carboxylic acids is 2. The average Bonchev–Trinajstić information content (AvgIpc) is 2.77. The van der Waals surface area contributed by atoms with E-state index in [4.69, 9.17) is 5.73 Å². The summed E-state index contributed by atoms with van der Waals surface area (Å²) in [6.07, 6.45) is -4.28. The maximum atomic E-state index is 12.9. The summed E-state index contributed by atoms with van der Waals surface area (Å²) in [4.78, 5) is 24.8. The number of rotatable bonds is 11. The molecule has 6 N–H and O–H groups in total. The zero-order valence-corrected chi connectivity index (χ0v) is 20.1. The molecule has 2 rings (SSSR count). The van der Waals surface area contributed by atoms with Gasteiger partial charge in [0.25, 0.3) is 5.91 Å². The van der Waals surface area contributed by atoms with Crippen LogP contribution in [-0.2, 0) is 17.5 Å². The quantitative estimate of drug-likeness (QED) is 0.308. The van der Waals surface area contributed by atoms with Crippen molar-refractivity contribution in [2.75, 3.05) is 18.8 Å². The van der Waals surface area contributed by atoms with Crippen LogP contribution in [0.15, 0.2) is 36.4 Å². The number of nitrogen functional groups attached to an aromatic ring is 1. The molecule has 10 heteroatoms. The van der Waals surface area contributed by atoms with Crippen molar-refractivity contribution in [3.63, 3.8) is 0 Å². The van der Waals surface area contributed by atoms with Crippen molar-refractivity contribution in [3.8, 4) is 0 Å². The molecule has 0 saturated heterocycles. The number of aryl methyl sites for hydroxylation is 2. The van der Waals surface area contributed by atoms with E-state index in [-0.39, 0.29) is 17.8 Å². The first-order valence-corrected chi connectivity index (χ1v) is 11.4. The Hall–Kier alpha value is -3.11. The number of aliphatic hydroxyl groups is 1. The van der Waals surface area contributed by atoms with E-state index in [0.29, 0.717) is 25.5 Å². The number of aliphatic hydroxyl groups excluding tert-OH is 1. The highest BCUT2D eigenvalue weighted by Crippen LogP contribution is 2.31. The van der Waals surface area contributed by atoms with Crippen molar-refractivity contribution in [2.24, 2.45) is 0 Å². The molecule has 0 spiro atoms. The normalized spacial score (nSPS) is 13.2. The Bertz CT molecular complexity index is 1030. The van der Waals surface area contributed by atoms with E-state index in [1.165, 1.54) is 0 Å². The Morgan fingerprint density at radius 2 is 1.83 bits per heavy atom. The monoisotopic (exact) mass is 494 g/mol. The smallest absolute Gasteiger partial charge is 0.398 e. The van der Waals surface area contributed by atoms with Crippen molar-refractivity contribution in [1.29, 1.82) is 0 Å². The van der Waals surface area contributed by atoms with Crippen LogP contribution in [0.1, 0.15) is 52.4 Å². The number of alkyl halides is 3. The minimum absolute atomic E-state index is 0.136. The van der Waals surface area contributed by atoms with Gasteiger partial charge in [-0.05, 0) is 49.6 Å². The van der Waals surface area contributed by atoms with Crippen LogP contribution in [0.3, 0.4) is 0 Å². The van der Waals surface area contributed by atoms with Gasteiger partial charge in [-0.3, -0.25) is 9.59 Å². The van der Waals surface area contributed by atoms with Crippen LogP contribution in [-0.4, -0.2) is 42.2 Å². The highest BCUT2D eigenvalue weighted by molar-refractivity contribution is 6.00. The fraction of sp³-hybridized carbons (Fsp3) is 0.440. The summed E-state index contributed by atoms with van der Waals surface area (Å²) >= 11 is 0. The van der Waals surface area contributed by atoms with Gasteiger partial charge in [0.05, 0.1) is 29.8 Å². The van der Waals surface area contributed by atoms with Gasteiger partial charge in [0.2, 0.25) is 5.91 Å². The number of halogens is 3. The molecule has 0 saturated carbocycles. The number of nitrogens with two attached hydrogens (primary N) is 1. The summed E-state index contributed by atoms with van der Waals surface area (Å²) in [5.74, 6) is -1.49. The van der Waals surface area contributed by atoms with Crippen LogP contribution in [0.2, 0.25) is 0 Å². The number of benzene rings is 2. The highest BCUT2D eigenvalue weighted by Gasteiger charge is 2.31. The SMILES string of the molecule is CCC[C@H](O)[C@H](CNCc1ccc(C)cc1C)NC(=O)CNC(=O)c1cc(C(F)(F)F)ccc1N. The molecule has 0 fully saturated rings. The van der Waals surface area contributed by atoms with E-state index in [2.05, 4.69) is 22.0 Å². The molecule has 0 radical (unpaired) electrons. The second-order valence-electron chi connectivity index (χ2n) is 8.57. The summed E-state index contributed by atoms with van der Waals surface area (Å²) in [6, 6.07) is 7.90. The van der Waals surface area contributed by atoms with Crippen LogP contribution in [0.4, 0.5) is 18.9 Å². The van der Waals surface area contributed by atoms with Crippen molar-refractivity contribution in [1.82, 2.24) is 16.0 Å². The maximum absolute atomic E-state index is 12.9. The molecule has 0 aliphatic carbocycles. The van der Waals surface area contributed by atoms with E-state index < -0.39 is 42.2 Å². The Balaban J connectivity index is 1.96. The van der Waals surface area contributed by atoms with Gasteiger partial charge in [0, 0.05) is 18.8 Å². The second-order valence-corrected chi connectivity index (χ2v) is 8.57. The Morgan fingerprint density at radius 1 is 1.11 bits per heavy atom. The summed E-state index contributed by atoms with van der Waals surface area (Å²) in [5.41, 5.74) is 7.50. The third-order valence-corrected chi connectivity index (χ3v) is 5.61. The molecule has 2 aromatic carbocycles. The van der Waals surface area contributed by atoms with E-state index in [0.717, 1.165) is 28.8 Å². The Kier molecular flexibility index (Phi) is 10.1. The Morgan fingerprint density at radius 3 is 2.46 bits per heavy atom. The molecule has 0 aliphatic rings. The second kappa shape index (κ2) is 12.6. The highest BCUT2D eigenvalue weighted by atomic mass is 19.4. The van der Waals surface area contributed by atoms with Gasteiger partial charge in [0.1, 0.15) is 0 Å². The molecule has 2 aromatic rings. The molecule has 0 aromatic heterocycles. The Labute approximate surface area is 203 Å². The third-order valence-electron chi connectivity index (χ3n) is 5.61. The lowest BCUT2D eigenvalue weighted by atomic mass is 10.0. The van der Waals surface area contributed by atoms with Crippen LogP contribution >= 0.6 is 0 Å². The number of amides is 2. The first-order valence-electron chi connectivity index (χ1n) is 11.4. The van der Waals surface area contributed by atoms with Crippen LogP contribution in [0.25, 0.3) is 0 Å². The average molecular weight is 495 g/mol. The van der Waals surface area contributed by atoms with Gasteiger partial charge >= 0.3 is 6.18 Å². The maximum Gasteiger partial charge on any atom is 0.416 e. The standard InChI is InChI=1S/C25H33F3N4O3/c1-4-5-22(33)21(13-30-12-17-7-6-15(2)10-16(17)3)32-23(34)14-31-24(35)19-11-18(25(26,27)28)8-9-20(19)29/h6-11,21-22,30,33H,4-5,12-14,29H2,1-3H3,(H,31,35)(H,32,34)/t21-,22-/m0/s1. The number of nitrogens with one attached hydrogen (secondary N) is 3. The van der Waals surface area contributed by atoms with Crippen LogP contribution in [0.5, 0.6) is 0 Å². The summed E-state index contributed by atoms with van der Waals surface area (Å²) in [7, 11) is 0. The van der Waals surface area contributed by atoms with E-state index in [1.54, 1.807) is 0 Å². The molecule has 0 unspecified atom stereocenters. The summed E-state index contributed by atoms with van der Waals surface area (Å²) in [5, 5.41) is 18.7. The van der Waals surface area contributed by atoms with Gasteiger partial charge in [-0.15, -0.1) is 0 Å². The number of anilines is 1. The minimum Gasteiger partial charge on any atom is -0.398 e. The van der Waals surface area contributed by atoms with Gasteiger partial charge in [-0.1, -0.05) is 37.1 Å². The van der Waals surface area contributed by atoms with Crippen molar-refractivity contribution in [2.45, 2.75) is 58.5 Å². The molecule has 2 atom stereocenters. The van der Waals surface area contributed by atoms with E-state index >= 15 is 0 Å². The van der Waals surface area contributed by atoms with E-state index in [1.807, 2.05) is 32.9 Å². The van der Waals surface area contributed by atoms with E-state index in [9.17, 15) is 27.9 Å². The number of carbonyl (C=O) groups is 2. The largest absolute Gasteiger partial charge is 0.416 e. The molecule has 2 amide bonds. The van der Waals surface area contributed by atoms with Gasteiger partial charge in [-0.25, -0.2) is 0 Å². The lowest BCUT2D eigenvalue weighted by Gasteiger charge is -2.25. The molecule has 35 heavy (non-hydrogen) atoms. The minimum atomic E-state index is -4.63. The molecule has 0 heterocycles. The molecular weight excluding hydrogens is 461 g/mol. The lowest BCUT2D eigenvalue weighted by Crippen LogP contribution is -2.51. The number of hydrogen-bond acceptors (Lipinski definition) is 5. The van der Waals surface area contributed by atoms with Crippen molar-refractivity contribution >= 4 is 17.5 Å². The first-order chi connectivity index (χ1) is 16.4. The molecular formula is C25H33F3N4O3. The van der Waals surface area contributed by atoms with Gasteiger partial charge in [0.15, 0.2) is 0 Å². The fourth-order valence-corrected chi connectivity index (χ4v) is 3.63. The zero-order chi connectivity index (χ0) is 26.2. The molecule has 0 aliphatic heterocycles. The fourth-order valence-electron chi connectivity index (χ4n) is 3.63. The predicted molar refractivity (Wildman–Crippen MR) is 129 cm³/mol. The summed E-state index contributed by atoms with van der Waals surface area (Å²) in [6.45, 7) is 6.27. The van der Waals surface area contributed by atoms with Crippen molar-refractivity contribution < 1.29 is 27.9 Å². The van der Waals surface area contributed by atoms with Crippen LogP contribution < -0.4 is 21.7 Å². The van der Waals surface area contributed by atoms with Gasteiger partial charge in [-0.2, -0.15) is 13.2 Å². The van der Waals surface area contributed by atoms with Crippen LogP contribution in [0, 0.1) is 13.8 Å². The predicted octanol–water partition coefficient (Wildman–Crippen LogP) is 3.07. The lowest BCUT2D eigenvalue weighted by molar-refractivity contribution is -0.137. The topological polar surface area (TPSA) is 116 Å². The molecule has 0 bridgehead atoms. The first kappa shape index (κ1) is 28.1. The molecule has 192 valence electrons. The molecule has 7 nitrogen and oxygen atoms in total.